The molecule has 3 heterocycles. The van der Waals surface area contributed by atoms with Gasteiger partial charge in [0.2, 0.25) is 5.91 Å². The number of hydrogen-bond acceptors (Lipinski definition) is 5. The molecule has 2 aromatic heterocycles. The molecule has 0 atom stereocenters. The molecule has 0 saturated carbocycles. The van der Waals surface area contributed by atoms with Gasteiger partial charge in [-0.05, 0) is 13.3 Å². The molecule has 0 unspecified atom stereocenters. The second-order valence-corrected chi connectivity index (χ2v) is 5.23. The van der Waals surface area contributed by atoms with Gasteiger partial charge in [-0.15, -0.1) is 0 Å². The van der Waals surface area contributed by atoms with E-state index in [0.29, 0.717) is 6.54 Å². The fourth-order valence-electron chi connectivity index (χ4n) is 2.56. The van der Waals surface area contributed by atoms with E-state index in [0.717, 1.165) is 43.3 Å². The first kappa shape index (κ1) is 13.7. The molecule has 1 aliphatic rings. The Bertz CT molecular complexity index is 652. The molecule has 1 saturated heterocycles. The topological polar surface area (TPSA) is 65.8 Å². The molecule has 0 bridgehead atoms. The zero-order valence-corrected chi connectivity index (χ0v) is 12.4. The average Bonchev–Trinajstić information content (AvgIpc) is 2.87. The number of nitrogens with one attached hydrogen (secondary N) is 1. The van der Waals surface area contributed by atoms with Gasteiger partial charge in [0.15, 0.2) is 11.5 Å². The maximum Gasteiger partial charge on any atom is 0.241 e. The molecule has 1 amide bonds. The van der Waals surface area contributed by atoms with E-state index in [1.54, 1.807) is 11.1 Å². The molecule has 1 fully saturated rings. The standard InChI is InChI=1S/C14H20N6O/c1-3-15-11-9-20-8-5-16-13(20)14(17-11)19-7-4-6-18(2)12(21)10-19/h5,8-9,15H,3-4,6-7,10H2,1-2H3. The Balaban J connectivity index is 2.01. The maximum absolute atomic E-state index is 12.1. The lowest BCUT2D eigenvalue weighted by Gasteiger charge is -2.22. The second-order valence-electron chi connectivity index (χ2n) is 5.23. The van der Waals surface area contributed by atoms with Gasteiger partial charge < -0.3 is 19.5 Å². The number of carbonyl (C=O) groups excluding carboxylic acids is 1. The lowest BCUT2D eigenvalue weighted by atomic mass is 10.4. The average molecular weight is 288 g/mol. The first-order valence-corrected chi connectivity index (χ1v) is 7.25. The number of amides is 1. The summed E-state index contributed by atoms with van der Waals surface area (Å²) in [7, 11) is 1.85. The SMILES string of the molecule is CCNc1cn2ccnc2c(N2CCCN(C)C(=O)C2)n1. The van der Waals surface area contributed by atoms with Crippen LogP contribution in [-0.2, 0) is 4.79 Å². The van der Waals surface area contributed by atoms with E-state index in [-0.39, 0.29) is 5.91 Å². The molecule has 21 heavy (non-hydrogen) atoms. The summed E-state index contributed by atoms with van der Waals surface area (Å²) < 4.78 is 1.94. The van der Waals surface area contributed by atoms with Gasteiger partial charge in [0.25, 0.3) is 0 Å². The number of fused-ring (bicyclic) bond motifs is 1. The summed E-state index contributed by atoms with van der Waals surface area (Å²) in [5, 5.41) is 3.22. The number of nitrogens with zero attached hydrogens (tertiary/aromatic N) is 5. The molecule has 1 aliphatic heterocycles. The van der Waals surface area contributed by atoms with Crippen molar-refractivity contribution in [1.29, 1.82) is 0 Å². The second kappa shape index (κ2) is 5.59. The van der Waals surface area contributed by atoms with Crippen LogP contribution in [0.4, 0.5) is 11.6 Å². The Kier molecular flexibility index (Phi) is 3.64. The molecular formula is C14H20N6O. The molecular weight excluding hydrogens is 268 g/mol. The fraction of sp³-hybridized carbons (Fsp3) is 0.500. The summed E-state index contributed by atoms with van der Waals surface area (Å²) in [5.74, 6) is 1.68. The van der Waals surface area contributed by atoms with Gasteiger partial charge in [-0.1, -0.05) is 0 Å². The highest BCUT2D eigenvalue weighted by molar-refractivity contribution is 5.83. The summed E-state index contributed by atoms with van der Waals surface area (Å²) in [6.07, 6.45) is 6.50. The van der Waals surface area contributed by atoms with Crippen molar-refractivity contribution in [3.63, 3.8) is 0 Å². The molecule has 1 N–H and O–H groups in total. The number of likely N-dealkylation sites (N-methyl/N-ethyl adjacent to an activating group) is 1. The molecule has 0 aliphatic carbocycles. The van der Waals surface area contributed by atoms with E-state index < -0.39 is 0 Å². The van der Waals surface area contributed by atoms with Crippen LogP contribution in [0.15, 0.2) is 18.6 Å². The van der Waals surface area contributed by atoms with Gasteiger partial charge in [0.05, 0.1) is 12.7 Å². The number of anilines is 2. The Labute approximate surface area is 123 Å². The van der Waals surface area contributed by atoms with Crippen LogP contribution in [0.3, 0.4) is 0 Å². The summed E-state index contributed by atoms with van der Waals surface area (Å²) in [4.78, 5) is 24.9. The molecule has 7 nitrogen and oxygen atoms in total. The van der Waals surface area contributed by atoms with Crippen molar-refractivity contribution in [2.24, 2.45) is 0 Å². The minimum atomic E-state index is 0.118. The molecule has 0 spiro atoms. The first-order chi connectivity index (χ1) is 10.2. The van der Waals surface area contributed by atoms with Crippen LogP contribution in [0.25, 0.3) is 5.65 Å². The summed E-state index contributed by atoms with van der Waals surface area (Å²) in [5.41, 5.74) is 0.786. The molecule has 2 aromatic rings. The van der Waals surface area contributed by atoms with Crippen molar-refractivity contribution in [2.75, 3.05) is 43.4 Å². The van der Waals surface area contributed by atoms with Crippen molar-refractivity contribution >= 4 is 23.2 Å². The predicted octanol–water partition coefficient (Wildman–Crippen LogP) is 0.830. The van der Waals surface area contributed by atoms with Crippen LogP contribution in [0.2, 0.25) is 0 Å². The number of carbonyl (C=O) groups is 1. The normalized spacial score (nSPS) is 16.4. The van der Waals surface area contributed by atoms with Crippen molar-refractivity contribution in [1.82, 2.24) is 19.3 Å². The van der Waals surface area contributed by atoms with Crippen LogP contribution in [-0.4, -0.2) is 58.4 Å². The molecule has 3 rings (SSSR count). The zero-order valence-electron chi connectivity index (χ0n) is 12.4. The van der Waals surface area contributed by atoms with Gasteiger partial charge in [-0.3, -0.25) is 4.79 Å². The van der Waals surface area contributed by atoms with Gasteiger partial charge in [-0.2, -0.15) is 0 Å². The molecule has 0 aromatic carbocycles. The Morgan fingerprint density at radius 1 is 1.38 bits per heavy atom. The van der Waals surface area contributed by atoms with Crippen LogP contribution in [0.1, 0.15) is 13.3 Å². The number of rotatable bonds is 3. The van der Waals surface area contributed by atoms with E-state index in [2.05, 4.69) is 15.3 Å². The highest BCUT2D eigenvalue weighted by Crippen LogP contribution is 2.22. The van der Waals surface area contributed by atoms with Crippen molar-refractivity contribution in [2.45, 2.75) is 13.3 Å². The van der Waals surface area contributed by atoms with Gasteiger partial charge in [0, 0.05) is 39.1 Å². The number of imidazole rings is 1. The van der Waals surface area contributed by atoms with Crippen LogP contribution >= 0.6 is 0 Å². The molecule has 0 radical (unpaired) electrons. The van der Waals surface area contributed by atoms with Crippen molar-refractivity contribution < 1.29 is 4.79 Å². The van der Waals surface area contributed by atoms with Gasteiger partial charge in [-0.25, -0.2) is 9.97 Å². The predicted molar refractivity (Wildman–Crippen MR) is 81.6 cm³/mol. The lowest BCUT2D eigenvalue weighted by molar-refractivity contribution is -0.127. The molecule has 112 valence electrons. The highest BCUT2D eigenvalue weighted by Gasteiger charge is 2.22. The van der Waals surface area contributed by atoms with Crippen molar-refractivity contribution in [3.05, 3.63) is 18.6 Å². The lowest BCUT2D eigenvalue weighted by Crippen LogP contribution is -2.35. The summed E-state index contributed by atoms with van der Waals surface area (Å²) >= 11 is 0. The minimum absolute atomic E-state index is 0.118. The Morgan fingerprint density at radius 2 is 2.24 bits per heavy atom. The third-order valence-electron chi connectivity index (χ3n) is 3.69. The minimum Gasteiger partial charge on any atom is -0.369 e. The fourth-order valence-corrected chi connectivity index (χ4v) is 2.56. The quantitative estimate of drug-likeness (QED) is 0.906. The molecule has 7 heteroatoms. The third-order valence-corrected chi connectivity index (χ3v) is 3.69. The third kappa shape index (κ3) is 2.63. The number of hydrogen-bond donors (Lipinski definition) is 1. The summed E-state index contributed by atoms with van der Waals surface area (Å²) in [6.45, 7) is 4.77. The number of aromatic nitrogens is 3. The smallest absolute Gasteiger partial charge is 0.241 e. The zero-order chi connectivity index (χ0) is 14.8. The Hall–Kier alpha value is -2.31. The van der Waals surface area contributed by atoms with E-state index in [1.165, 1.54) is 0 Å². The Morgan fingerprint density at radius 3 is 3.05 bits per heavy atom. The van der Waals surface area contributed by atoms with Crippen LogP contribution < -0.4 is 10.2 Å². The van der Waals surface area contributed by atoms with E-state index >= 15 is 0 Å². The van der Waals surface area contributed by atoms with E-state index in [9.17, 15) is 4.79 Å². The van der Waals surface area contributed by atoms with E-state index in [4.69, 9.17) is 0 Å². The first-order valence-electron chi connectivity index (χ1n) is 7.25. The van der Waals surface area contributed by atoms with E-state index in [1.807, 2.05) is 35.7 Å². The van der Waals surface area contributed by atoms with Gasteiger partial charge in [0.1, 0.15) is 5.82 Å². The summed E-state index contributed by atoms with van der Waals surface area (Å²) in [6, 6.07) is 0. The van der Waals surface area contributed by atoms with Crippen molar-refractivity contribution in [3.8, 4) is 0 Å². The maximum atomic E-state index is 12.1. The monoisotopic (exact) mass is 288 g/mol. The van der Waals surface area contributed by atoms with Gasteiger partial charge >= 0.3 is 0 Å². The van der Waals surface area contributed by atoms with Crippen LogP contribution in [0.5, 0.6) is 0 Å². The highest BCUT2D eigenvalue weighted by atomic mass is 16.2. The largest absolute Gasteiger partial charge is 0.369 e. The van der Waals surface area contributed by atoms with Crippen LogP contribution in [0, 0.1) is 0 Å².